The zero-order valence-electron chi connectivity index (χ0n) is 10.8. The largest absolute Gasteiger partial charge is 0.314 e. The third kappa shape index (κ3) is 5.90. The van der Waals surface area contributed by atoms with Crippen LogP contribution in [0.4, 0.5) is 0 Å². The Bertz CT molecular complexity index is 176. The van der Waals surface area contributed by atoms with E-state index in [1.807, 2.05) is 13.8 Å². The molecule has 0 aromatic carbocycles. The van der Waals surface area contributed by atoms with Crippen LogP contribution in [0.5, 0.6) is 0 Å². The molecule has 0 spiro atoms. The number of rotatable bonds is 5. The van der Waals surface area contributed by atoms with Gasteiger partial charge < -0.3 is 10.6 Å². The summed E-state index contributed by atoms with van der Waals surface area (Å²) in [5, 5.41) is 6.56. The van der Waals surface area contributed by atoms with E-state index in [1.165, 1.54) is 0 Å². The quantitative estimate of drug-likeness (QED) is 0.730. The number of hydrogen-bond acceptors (Lipinski definition) is 3. The molecule has 1 heterocycles. The average Bonchev–Trinajstić information content (AvgIpc) is 2.11. The highest BCUT2D eigenvalue weighted by Gasteiger charge is 2.23. The van der Waals surface area contributed by atoms with Gasteiger partial charge in [-0.2, -0.15) is 0 Å². The molecule has 1 rings (SSSR count). The lowest BCUT2D eigenvalue weighted by Crippen LogP contribution is -2.59. The van der Waals surface area contributed by atoms with Crippen LogP contribution in [-0.4, -0.2) is 31.0 Å². The van der Waals surface area contributed by atoms with Gasteiger partial charge in [-0.1, -0.05) is 27.7 Å². The van der Waals surface area contributed by atoms with E-state index in [4.69, 9.17) is 0 Å². The van der Waals surface area contributed by atoms with Gasteiger partial charge in [0, 0.05) is 19.1 Å². The van der Waals surface area contributed by atoms with Crippen molar-refractivity contribution in [3.8, 4) is 0 Å². The lowest BCUT2D eigenvalue weighted by molar-refractivity contribution is -0.119. The standard InChI is InChI=1S/C10H20N2O.C2H6/c1-7(2)4-10(8(3)13)12-9-5-11-6-9;1-2/h7,9-12H,4-6H2,1-3H3;1-2H3. The molecule has 3 nitrogen and oxygen atoms in total. The fraction of sp³-hybridized carbons (Fsp3) is 0.917. The monoisotopic (exact) mass is 214 g/mol. The highest BCUT2D eigenvalue weighted by molar-refractivity contribution is 5.81. The normalized spacial score (nSPS) is 17.7. The minimum atomic E-state index is 0.0621. The van der Waals surface area contributed by atoms with Crippen LogP contribution in [0.15, 0.2) is 0 Å². The van der Waals surface area contributed by atoms with Gasteiger partial charge >= 0.3 is 0 Å². The predicted molar refractivity (Wildman–Crippen MR) is 65.1 cm³/mol. The number of carbonyl (C=O) groups is 1. The molecule has 1 atom stereocenters. The zero-order chi connectivity index (χ0) is 11.8. The third-order valence-electron chi connectivity index (χ3n) is 2.42. The summed E-state index contributed by atoms with van der Waals surface area (Å²) in [6, 6.07) is 0.569. The van der Waals surface area contributed by atoms with E-state index in [0.29, 0.717) is 12.0 Å². The Morgan fingerprint density at radius 1 is 1.40 bits per heavy atom. The minimum absolute atomic E-state index is 0.0621. The first kappa shape index (κ1) is 14.6. The number of ketones is 1. The summed E-state index contributed by atoms with van der Waals surface area (Å²) in [4.78, 5) is 11.3. The van der Waals surface area contributed by atoms with E-state index in [2.05, 4.69) is 24.5 Å². The van der Waals surface area contributed by atoms with Crippen LogP contribution in [0, 0.1) is 5.92 Å². The molecular weight excluding hydrogens is 188 g/mol. The predicted octanol–water partition coefficient (Wildman–Crippen LogP) is 1.58. The highest BCUT2D eigenvalue weighted by atomic mass is 16.1. The molecule has 2 N–H and O–H groups in total. The molecular formula is C12H26N2O. The molecule has 0 aromatic heterocycles. The van der Waals surface area contributed by atoms with Gasteiger partial charge in [0.15, 0.2) is 0 Å². The molecule has 1 aliphatic rings. The Labute approximate surface area is 94.0 Å². The lowest BCUT2D eigenvalue weighted by Gasteiger charge is -2.32. The van der Waals surface area contributed by atoms with Crippen molar-refractivity contribution in [3.05, 3.63) is 0 Å². The van der Waals surface area contributed by atoms with Gasteiger partial charge in [-0.3, -0.25) is 4.79 Å². The van der Waals surface area contributed by atoms with Crippen LogP contribution in [0.25, 0.3) is 0 Å². The van der Waals surface area contributed by atoms with Crippen molar-refractivity contribution in [1.29, 1.82) is 0 Å². The van der Waals surface area contributed by atoms with Gasteiger partial charge in [0.2, 0.25) is 0 Å². The summed E-state index contributed by atoms with van der Waals surface area (Å²) in [7, 11) is 0. The molecule has 90 valence electrons. The van der Waals surface area contributed by atoms with Crippen molar-refractivity contribution in [2.24, 2.45) is 5.92 Å². The molecule has 0 saturated carbocycles. The Balaban J connectivity index is 0.000000921. The van der Waals surface area contributed by atoms with E-state index in [-0.39, 0.29) is 11.8 Å². The maximum atomic E-state index is 11.3. The molecule has 1 fully saturated rings. The van der Waals surface area contributed by atoms with Crippen molar-refractivity contribution in [2.45, 2.75) is 53.1 Å². The Morgan fingerprint density at radius 2 is 1.93 bits per heavy atom. The zero-order valence-corrected chi connectivity index (χ0v) is 10.8. The third-order valence-corrected chi connectivity index (χ3v) is 2.42. The van der Waals surface area contributed by atoms with E-state index in [9.17, 15) is 4.79 Å². The molecule has 0 amide bonds. The topological polar surface area (TPSA) is 41.1 Å². The van der Waals surface area contributed by atoms with E-state index >= 15 is 0 Å². The maximum Gasteiger partial charge on any atom is 0.146 e. The number of hydrogen-bond donors (Lipinski definition) is 2. The van der Waals surface area contributed by atoms with Gasteiger partial charge in [-0.15, -0.1) is 0 Å². The first-order chi connectivity index (χ1) is 7.09. The molecule has 1 aliphatic heterocycles. The van der Waals surface area contributed by atoms with Gasteiger partial charge in [0.05, 0.1) is 6.04 Å². The van der Waals surface area contributed by atoms with Gasteiger partial charge in [0.25, 0.3) is 0 Å². The molecule has 1 unspecified atom stereocenters. The van der Waals surface area contributed by atoms with Crippen LogP contribution < -0.4 is 10.6 Å². The lowest BCUT2D eigenvalue weighted by atomic mass is 9.99. The van der Waals surface area contributed by atoms with Crippen molar-refractivity contribution >= 4 is 5.78 Å². The fourth-order valence-corrected chi connectivity index (χ4v) is 1.51. The molecule has 0 aromatic rings. The van der Waals surface area contributed by atoms with Crippen LogP contribution in [0.2, 0.25) is 0 Å². The van der Waals surface area contributed by atoms with E-state index in [1.54, 1.807) is 6.92 Å². The number of carbonyl (C=O) groups excluding carboxylic acids is 1. The van der Waals surface area contributed by atoms with Crippen molar-refractivity contribution in [3.63, 3.8) is 0 Å². The van der Waals surface area contributed by atoms with Crippen LogP contribution >= 0.6 is 0 Å². The Morgan fingerprint density at radius 3 is 2.20 bits per heavy atom. The first-order valence-corrected chi connectivity index (χ1v) is 6.06. The van der Waals surface area contributed by atoms with E-state index < -0.39 is 0 Å². The van der Waals surface area contributed by atoms with Crippen molar-refractivity contribution < 1.29 is 4.79 Å². The molecule has 0 aliphatic carbocycles. The van der Waals surface area contributed by atoms with Gasteiger partial charge in [0.1, 0.15) is 5.78 Å². The van der Waals surface area contributed by atoms with Crippen LogP contribution in [0.3, 0.4) is 0 Å². The van der Waals surface area contributed by atoms with Crippen molar-refractivity contribution in [1.82, 2.24) is 10.6 Å². The summed E-state index contributed by atoms with van der Waals surface area (Å²) in [5.41, 5.74) is 0. The second-order valence-corrected chi connectivity index (χ2v) is 4.31. The smallest absolute Gasteiger partial charge is 0.146 e. The second-order valence-electron chi connectivity index (χ2n) is 4.31. The Hall–Kier alpha value is -0.410. The highest BCUT2D eigenvalue weighted by Crippen LogP contribution is 2.07. The van der Waals surface area contributed by atoms with Gasteiger partial charge in [-0.05, 0) is 19.3 Å². The summed E-state index contributed by atoms with van der Waals surface area (Å²) in [6.45, 7) is 12.0. The summed E-state index contributed by atoms with van der Waals surface area (Å²) < 4.78 is 0. The summed E-state index contributed by atoms with van der Waals surface area (Å²) in [5.74, 6) is 0.843. The number of nitrogens with one attached hydrogen (secondary N) is 2. The van der Waals surface area contributed by atoms with Crippen molar-refractivity contribution in [2.75, 3.05) is 13.1 Å². The maximum absolute atomic E-state index is 11.3. The molecule has 0 bridgehead atoms. The fourth-order valence-electron chi connectivity index (χ4n) is 1.51. The summed E-state index contributed by atoms with van der Waals surface area (Å²) in [6.07, 6.45) is 0.950. The Kier molecular flexibility index (Phi) is 7.61. The van der Waals surface area contributed by atoms with E-state index in [0.717, 1.165) is 19.5 Å². The average molecular weight is 214 g/mol. The second kappa shape index (κ2) is 7.83. The SMILES string of the molecule is CC.CC(=O)C(CC(C)C)NC1CNC1. The first-order valence-electron chi connectivity index (χ1n) is 6.06. The molecule has 1 saturated heterocycles. The molecule has 15 heavy (non-hydrogen) atoms. The van der Waals surface area contributed by atoms with Crippen LogP contribution in [0.1, 0.15) is 41.0 Å². The molecule has 0 radical (unpaired) electrons. The summed E-state index contributed by atoms with van der Waals surface area (Å²) >= 11 is 0. The number of Topliss-reactive ketones (excluding diaryl/α,β-unsaturated/α-hetero) is 1. The molecule has 3 heteroatoms. The van der Waals surface area contributed by atoms with Gasteiger partial charge in [-0.25, -0.2) is 0 Å². The van der Waals surface area contributed by atoms with Crippen LogP contribution in [-0.2, 0) is 4.79 Å². The minimum Gasteiger partial charge on any atom is -0.314 e.